The molecule has 1 aliphatic rings. The highest BCUT2D eigenvalue weighted by molar-refractivity contribution is 5.94. The quantitative estimate of drug-likeness (QED) is 0.810. The van der Waals surface area contributed by atoms with Crippen LogP contribution in [0.2, 0.25) is 0 Å². The second-order valence-electron chi connectivity index (χ2n) is 5.70. The van der Waals surface area contributed by atoms with E-state index < -0.39 is 0 Å². The summed E-state index contributed by atoms with van der Waals surface area (Å²) in [6.07, 6.45) is 0.0190. The Bertz CT molecular complexity index is 567. The molecule has 0 aromatic heterocycles. The van der Waals surface area contributed by atoms with E-state index in [4.69, 9.17) is 15.2 Å². The third kappa shape index (κ3) is 4.46. The zero-order valence-electron chi connectivity index (χ0n) is 14.2. The number of methoxy groups -OCH3 is 2. The van der Waals surface area contributed by atoms with Gasteiger partial charge in [-0.1, -0.05) is 6.07 Å². The van der Waals surface area contributed by atoms with Gasteiger partial charge in [-0.3, -0.25) is 9.59 Å². The molecule has 24 heavy (non-hydrogen) atoms. The smallest absolute Gasteiger partial charge is 0.254 e. The van der Waals surface area contributed by atoms with E-state index in [0.29, 0.717) is 44.0 Å². The largest absolute Gasteiger partial charge is 0.497 e. The maximum atomic E-state index is 12.5. The van der Waals surface area contributed by atoms with E-state index >= 15 is 0 Å². The van der Waals surface area contributed by atoms with Crippen LogP contribution in [0.5, 0.6) is 5.75 Å². The molecule has 1 unspecified atom stereocenters. The van der Waals surface area contributed by atoms with Crippen molar-refractivity contribution in [3.8, 4) is 5.75 Å². The summed E-state index contributed by atoms with van der Waals surface area (Å²) in [5.74, 6) is 0.626. The molecule has 1 atom stereocenters. The fraction of sp³-hybridized carbons (Fsp3) is 0.529. The fourth-order valence-electron chi connectivity index (χ4n) is 2.68. The van der Waals surface area contributed by atoms with Gasteiger partial charge in [0, 0.05) is 45.4 Å². The molecule has 1 aromatic carbocycles. The van der Waals surface area contributed by atoms with E-state index in [1.54, 1.807) is 48.3 Å². The van der Waals surface area contributed by atoms with Crippen molar-refractivity contribution in [2.45, 2.75) is 12.5 Å². The lowest BCUT2D eigenvalue weighted by Crippen LogP contribution is -2.51. The first-order valence-corrected chi connectivity index (χ1v) is 8.03. The molecule has 2 rings (SSSR count). The van der Waals surface area contributed by atoms with Crippen LogP contribution in [0.4, 0.5) is 0 Å². The molecular weight excluding hydrogens is 310 g/mol. The SMILES string of the molecule is COc1cccc(C(=O)N2CCN(C(=O)CC(CN)OC)CC2)c1. The second-order valence-corrected chi connectivity index (χ2v) is 5.70. The Kier molecular flexibility index (Phi) is 6.57. The molecule has 1 aromatic rings. The summed E-state index contributed by atoms with van der Waals surface area (Å²) in [5, 5.41) is 0. The van der Waals surface area contributed by atoms with Gasteiger partial charge in [0.05, 0.1) is 19.6 Å². The van der Waals surface area contributed by atoms with Gasteiger partial charge in [-0.05, 0) is 18.2 Å². The fourth-order valence-corrected chi connectivity index (χ4v) is 2.68. The number of amides is 2. The van der Waals surface area contributed by atoms with Gasteiger partial charge in [-0.15, -0.1) is 0 Å². The van der Waals surface area contributed by atoms with Crippen LogP contribution in [-0.2, 0) is 9.53 Å². The van der Waals surface area contributed by atoms with Crippen molar-refractivity contribution in [3.63, 3.8) is 0 Å². The topological polar surface area (TPSA) is 85.1 Å². The third-order valence-corrected chi connectivity index (χ3v) is 4.23. The Morgan fingerprint density at radius 1 is 1.17 bits per heavy atom. The molecule has 0 bridgehead atoms. The molecule has 132 valence electrons. The van der Waals surface area contributed by atoms with Crippen LogP contribution in [0.3, 0.4) is 0 Å². The highest BCUT2D eigenvalue weighted by Crippen LogP contribution is 2.16. The molecule has 1 fully saturated rings. The normalized spacial score (nSPS) is 16.0. The van der Waals surface area contributed by atoms with E-state index in [0.717, 1.165) is 0 Å². The Balaban J connectivity index is 1.89. The minimum Gasteiger partial charge on any atom is -0.497 e. The van der Waals surface area contributed by atoms with Crippen molar-refractivity contribution in [3.05, 3.63) is 29.8 Å². The van der Waals surface area contributed by atoms with E-state index in [1.165, 1.54) is 0 Å². The number of rotatable bonds is 6. The molecule has 1 heterocycles. The maximum absolute atomic E-state index is 12.5. The van der Waals surface area contributed by atoms with E-state index in [1.807, 2.05) is 0 Å². The van der Waals surface area contributed by atoms with E-state index in [-0.39, 0.29) is 24.3 Å². The van der Waals surface area contributed by atoms with Crippen molar-refractivity contribution in [1.82, 2.24) is 9.80 Å². The summed E-state index contributed by atoms with van der Waals surface area (Å²) in [5.41, 5.74) is 6.15. The number of carbonyl (C=O) groups is 2. The van der Waals surface area contributed by atoms with Crippen molar-refractivity contribution in [2.75, 3.05) is 46.9 Å². The number of nitrogens with zero attached hydrogens (tertiary/aromatic N) is 2. The van der Waals surface area contributed by atoms with Gasteiger partial charge in [0.25, 0.3) is 5.91 Å². The average molecular weight is 335 g/mol. The minimum atomic E-state index is -0.256. The summed E-state index contributed by atoms with van der Waals surface area (Å²) in [4.78, 5) is 28.3. The molecule has 1 aliphatic heterocycles. The average Bonchev–Trinajstić information content (AvgIpc) is 2.65. The van der Waals surface area contributed by atoms with Gasteiger partial charge in [-0.25, -0.2) is 0 Å². The number of ether oxygens (including phenoxy) is 2. The molecule has 2 N–H and O–H groups in total. The molecule has 0 spiro atoms. The molecule has 7 heteroatoms. The number of nitrogens with two attached hydrogens (primary N) is 1. The van der Waals surface area contributed by atoms with E-state index in [9.17, 15) is 9.59 Å². The Morgan fingerprint density at radius 2 is 1.83 bits per heavy atom. The number of benzene rings is 1. The van der Waals surface area contributed by atoms with Gasteiger partial charge in [0.1, 0.15) is 5.75 Å². The number of hydrogen-bond donors (Lipinski definition) is 1. The van der Waals surface area contributed by atoms with Crippen molar-refractivity contribution < 1.29 is 19.1 Å². The first-order valence-electron chi connectivity index (χ1n) is 8.03. The zero-order chi connectivity index (χ0) is 17.5. The van der Waals surface area contributed by atoms with Gasteiger partial charge < -0.3 is 25.0 Å². The lowest BCUT2D eigenvalue weighted by atomic mass is 10.1. The summed E-state index contributed by atoms with van der Waals surface area (Å²) in [6, 6.07) is 7.09. The van der Waals surface area contributed by atoms with Crippen LogP contribution in [0.1, 0.15) is 16.8 Å². The summed E-state index contributed by atoms with van der Waals surface area (Å²) in [6.45, 7) is 2.39. The molecular formula is C17H25N3O4. The lowest BCUT2D eigenvalue weighted by Gasteiger charge is -2.35. The molecule has 0 aliphatic carbocycles. The Morgan fingerprint density at radius 3 is 2.42 bits per heavy atom. The maximum Gasteiger partial charge on any atom is 0.254 e. The molecule has 7 nitrogen and oxygen atoms in total. The summed E-state index contributed by atoms with van der Waals surface area (Å²) >= 11 is 0. The van der Waals surface area contributed by atoms with Crippen LogP contribution >= 0.6 is 0 Å². The molecule has 0 saturated carbocycles. The Labute approximate surface area is 142 Å². The minimum absolute atomic E-state index is 0.0146. The third-order valence-electron chi connectivity index (χ3n) is 4.23. The van der Waals surface area contributed by atoms with Gasteiger partial charge >= 0.3 is 0 Å². The second kappa shape index (κ2) is 8.65. The van der Waals surface area contributed by atoms with Crippen LogP contribution in [0, 0.1) is 0 Å². The van der Waals surface area contributed by atoms with Crippen LogP contribution in [-0.4, -0.2) is 74.7 Å². The van der Waals surface area contributed by atoms with Gasteiger partial charge in [-0.2, -0.15) is 0 Å². The monoisotopic (exact) mass is 335 g/mol. The van der Waals surface area contributed by atoms with Crippen LogP contribution in [0.25, 0.3) is 0 Å². The Hall–Kier alpha value is -2.12. The lowest BCUT2D eigenvalue weighted by molar-refractivity contribution is -0.135. The predicted molar refractivity (Wildman–Crippen MR) is 89.9 cm³/mol. The van der Waals surface area contributed by atoms with Crippen LogP contribution in [0.15, 0.2) is 24.3 Å². The molecule has 1 saturated heterocycles. The zero-order valence-corrected chi connectivity index (χ0v) is 14.2. The number of hydrogen-bond acceptors (Lipinski definition) is 5. The first kappa shape index (κ1) is 18.2. The van der Waals surface area contributed by atoms with Crippen molar-refractivity contribution >= 4 is 11.8 Å². The highest BCUT2D eigenvalue weighted by Gasteiger charge is 2.26. The highest BCUT2D eigenvalue weighted by atomic mass is 16.5. The van der Waals surface area contributed by atoms with Crippen LogP contribution < -0.4 is 10.5 Å². The van der Waals surface area contributed by atoms with Crippen molar-refractivity contribution in [2.24, 2.45) is 5.73 Å². The van der Waals surface area contributed by atoms with Gasteiger partial charge in [0.15, 0.2) is 0 Å². The number of carbonyl (C=O) groups excluding carboxylic acids is 2. The standard InChI is InChI=1S/C17H25N3O4/c1-23-14-5-3-4-13(10-14)17(22)20-8-6-19(7-9-20)16(21)11-15(12-18)24-2/h3-5,10,15H,6-9,11-12,18H2,1-2H3. The van der Waals surface area contributed by atoms with E-state index in [2.05, 4.69) is 0 Å². The number of piperazine rings is 1. The predicted octanol–water partition coefficient (Wildman–Crippen LogP) is 0.343. The summed E-state index contributed by atoms with van der Waals surface area (Å²) < 4.78 is 10.3. The molecule has 2 amide bonds. The summed E-state index contributed by atoms with van der Waals surface area (Å²) in [7, 11) is 3.12. The molecule has 0 radical (unpaired) electrons. The first-order chi connectivity index (χ1) is 11.6. The van der Waals surface area contributed by atoms with Gasteiger partial charge in [0.2, 0.25) is 5.91 Å². The van der Waals surface area contributed by atoms with Crippen molar-refractivity contribution in [1.29, 1.82) is 0 Å².